The van der Waals surface area contributed by atoms with Crippen molar-refractivity contribution in [2.24, 2.45) is 5.92 Å². The first-order valence-electron chi connectivity index (χ1n) is 14.7. The first-order chi connectivity index (χ1) is 19.3. The molecule has 0 saturated carbocycles. The number of piperidine rings is 1. The lowest BCUT2D eigenvalue weighted by Gasteiger charge is -2.37. The van der Waals surface area contributed by atoms with E-state index < -0.39 is 0 Å². The third-order valence-electron chi connectivity index (χ3n) is 8.72. The molecule has 1 atom stereocenters. The Morgan fingerprint density at radius 3 is 2.48 bits per heavy atom. The van der Waals surface area contributed by atoms with Crippen molar-refractivity contribution < 1.29 is 9.18 Å². The molecule has 1 amide bonds. The van der Waals surface area contributed by atoms with Gasteiger partial charge in [0.05, 0.1) is 0 Å². The third-order valence-corrected chi connectivity index (χ3v) is 8.72. The van der Waals surface area contributed by atoms with E-state index in [2.05, 4.69) is 59.2 Å². The zero-order valence-electron chi connectivity index (χ0n) is 24.2. The van der Waals surface area contributed by atoms with Crippen molar-refractivity contribution >= 4 is 5.91 Å². The molecular formula is C34H43FN4O. The van der Waals surface area contributed by atoms with Crippen LogP contribution in [0.3, 0.4) is 0 Å². The molecule has 5 rings (SSSR count). The number of hydrogen-bond donors (Lipinski definition) is 1. The van der Waals surface area contributed by atoms with Crippen molar-refractivity contribution in [3.05, 3.63) is 94.8 Å². The van der Waals surface area contributed by atoms with Crippen LogP contribution in [0.5, 0.6) is 0 Å². The van der Waals surface area contributed by atoms with Crippen LogP contribution in [-0.4, -0.2) is 73.5 Å². The Hall–Kier alpha value is -3.06. The van der Waals surface area contributed by atoms with Crippen LogP contribution in [0.4, 0.5) is 4.39 Å². The number of amides is 1. The summed E-state index contributed by atoms with van der Waals surface area (Å²) in [5.41, 5.74) is 5.40. The highest BCUT2D eigenvalue weighted by Gasteiger charge is 2.21. The van der Waals surface area contributed by atoms with E-state index in [0.717, 1.165) is 56.8 Å². The van der Waals surface area contributed by atoms with Crippen LogP contribution in [0, 0.1) is 11.7 Å². The predicted molar refractivity (Wildman–Crippen MR) is 161 cm³/mol. The monoisotopic (exact) mass is 542 g/mol. The number of nitrogens with zero attached hydrogens (tertiary/aromatic N) is 3. The zero-order chi connectivity index (χ0) is 28.1. The lowest BCUT2D eigenvalue weighted by molar-refractivity contribution is 0.0950. The highest BCUT2D eigenvalue weighted by Crippen LogP contribution is 2.26. The van der Waals surface area contributed by atoms with E-state index in [0.29, 0.717) is 29.6 Å². The molecular weight excluding hydrogens is 499 g/mol. The first-order valence-corrected chi connectivity index (χ1v) is 14.7. The Kier molecular flexibility index (Phi) is 9.30. The lowest BCUT2D eigenvalue weighted by Crippen LogP contribution is -2.49. The van der Waals surface area contributed by atoms with Crippen LogP contribution in [0.2, 0.25) is 0 Å². The summed E-state index contributed by atoms with van der Waals surface area (Å²) in [4.78, 5) is 20.2. The predicted octanol–water partition coefficient (Wildman–Crippen LogP) is 5.44. The quantitative estimate of drug-likeness (QED) is 0.411. The highest BCUT2D eigenvalue weighted by molar-refractivity contribution is 5.94. The molecule has 0 bridgehead atoms. The Labute approximate surface area is 239 Å². The lowest BCUT2D eigenvalue weighted by atomic mass is 9.90. The molecule has 0 radical (unpaired) electrons. The highest BCUT2D eigenvalue weighted by atomic mass is 19.1. The Morgan fingerprint density at radius 2 is 1.68 bits per heavy atom. The molecule has 5 nitrogen and oxygen atoms in total. The molecule has 3 aromatic carbocycles. The van der Waals surface area contributed by atoms with Crippen molar-refractivity contribution in [1.29, 1.82) is 0 Å². The van der Waals surface area contributed by atoms with E-state index in [1.165, 1.54) is 30.0 Å². The van der Waals surface area contributed by atoms with Crippen LogP contribution < -0.4 is 5.32 Å². The number of likely N-dealkylation sites (N-methyl/N-ethyl adjacent to an activating group) is 1. The number of piperazine rings is 1. The number of benzene rings is 3. The van der Waals surface area contributed by atoms with Gasteiger partial charge in [-0.2, -0.15) is 0 Å². The molecule has 2 saturated heterocycles. The van der Waals surface area contributed by atoms with Crippen molar-refractivity contribution in [2.75, 3.05) is 46.8 Å². The molecule has 212 valence electrons. The first kappa shape index (κ1) is 28.5. The maximum atomic E-state index is 15.0. The van der Waals surface area contributed by atoms with Gasteiger partial charge in [-0.1, -0.05) is 36.4 Å². The molecule has 2 aliphatic heterocycles. The van der Waals surface area contributed by atoms with Crippen LogP contribution in [0.25, 0.3) is 11.1 Å². The molecule has 0 spiro atoms. The molecule has 40 heavy (non-hydrogen) atoms. The minimum atomic E-state index is -0.248. The van der Waals surface area contributed by atoms with Crippen molar-refractivity contribution in [1.82, 2.24) is 20.0 Å². The van der Waals surface area contributed by atoms with E-state index in [1.807, 2.05) is 36.4 Å². The van der Waals surface area contributed by atoms with Crippen LogP contribution in [-0.2, 0) is 19.5 Å². The van der Waals surface area contributed by atoms with Gasteiger partial charge in [-0.25, -0.2) is 4.39 Å². The van der Waals surface area contributed by atoms with Crippen molar-refractivity contribution in [2.45, 2.75) is 45.3 Å². The summed E-state index contributed by atoms with van der Waals surface area (Å²) in [6, 6.07) is 21.8. The topological polar surface area (TPSA) is 38.8 Å². The normalized spacial score (nSPS) is 19.6. The average molecular weight is 543 g/mol. The fraction of sp³-hybridized carbons (Fsp3) is 0.441. The second-order valence-corrected chi connectivity index (χ2v) is 11.9. The number of carbonyl (C=O) groups excluding carboxylic acids is 1. The van der Waals surface area contributed by atoms with E-state index >= 15 is 0 Å². The van der Waals surface area contributed by atoms with Crippen LogP contribution >= 0.6 is 0 Å². The van der Waals surface area contributed by atoms with Gasteiger partial charge in [0.2, 0.25) is 0 Å². The summed E-state index contributed by atoms with van der Waals surface area (Å²) in [5.74, 6) is 0.331. The molecule has 2 heterocycles. The van der Waals surface area contributed by atoms with Gasteiger partial charge < -0.3 is 15.1 Å². The van der Waals surface area contributed by atoms with E-state index in [-0.39, 0.29) is 11.7 Å². The van der Waals surface area contributed by atoms with Gasteiger partial charge in [-0.15, -0.1) is 0 Å². The standard InChI is InChI=1S/C34H43FN4O/c1-25-23-39(17-16-38(25)3)24-29-7-5-8-30(20-29)32-21-28(10-11-33(32)35)22-36-34(40)31-9-4-6-27(19-31)18-26-12-14-37(2)15-13-26/h4-11,19-21,25-26H,12-18,22-24H2,1-3H3,(H,36,40)/t25-/m0/s1. The largest absolute Gasteiger partial charge is 0.348 e. The molecule has 0 unspecified atom stereocenters. The van der Waals surface area contributed by atoms with Crippen molar-refractivity contribution in [3.63, 3.8) is 0 Å². The Morgan fingerprint density at radius 1 is 0.900 bits per heavy atom. The summed E-state index contributed by atoms with van der Waals surface area (Å²) in [7, 11) is 4.35. The summed E-state index contributed by atoms with van der Waals surface area (Å²) in [5, 5.41) is 3.04. The van der Waals surface area contributed by atoms with Gasteiger partial charge in [-0.3, -0.25) is 9.69 Å². The zero-order valence-corrected chi connectivity index (χ0v) is 24.2. The number of hydrogen-bond acceptors (Lipinski definition) is 4. The molecule has 2 fully saturated rings. The van der Waals surface area contributed by atoms with Gasteiger partial charge in [0, 0.05) is 49.9 Å². The number of likely N-dealkylation sites (tertiary alicyclic amines) is 1. The average Bonchev–Trinajstić information content (AvgIpc) is 2.96. The molecule has 2 aliphatic rings. The molecule has 3 aromatic rings. The number of nitrogens with one attached hydrogen (secondary N) is 1. The Balaban J connectivity index is 1.21. The van der Waals surface area contributed by atoms with E-state index in [4.69, 9.17) is 0 Å². The van der Waals surface area contributed by atoms with Gasteiger partial charge in [0.15, 0.2) is 0 Å². The molecule has 6 heteroatoms. The minimum Gasteiger partial charge on any atom is -0.348 e. The minimum absolute atomic E-state index is 0.0977. The van der Waals surface area contributed by atoms with E-state index in [9.17, 15) is 9.18 Å². The third kappa shape index (κ3) is 7.36. The van der Waals surface area contributed by atoms with E-state index in [1.54, 1.807) is 6.07 Å². The smallest absolute Gasteiger partial charge is 0.251 e. The second-order valence-electron chi connectivity index (χ2n) is 11.9. The van der Waals surface area contributed by atoms with Crippen molar-refractivity contribution in [3.8, 4) is 11.1 Å². The van der Waals surface area contributed by atoms with Gasteiger partial charge in [0.25, 0.3) is 5.91 Å². The summed E-state index contributed by atoms with van der Waals surface area (Å²) in [6.45, 7) is 8.89. The Bertz CT molecular complexity index is 1300. The van der Waals surface area contributed by atoms with Gasteiger partial charge in [-0.05, 0) is 112 Å². The molecule has 0 aliphatic carbocycles. The molecule has 1 N–H and O–H groups in total. The number of rotatable bonds is 8. The summed E-state index contributed by atoms with van der Waals surface area (Å²) in [6.07, 6.45) is 3.43. The van der Waals surface area contributed by atoms with Gasteiger partial charge in [0.1, 0.15) is 5.82 Å². The fourth-order valence-corrected chi connectivity index (χ4v) is 5.99. The molecule has 0 aromatic heterocycles. The maximum Gasteiger partial charge on any atom is 0.251 e. The summed E-state index contributed by atoms with van der Waals surface area (Å²) < 4.78 is 15.0. The van der Waals surface area contributed by atoms with Crippen LogP contribution in [0.15, 0.2) is 66.7 Å². The number of halogens is 1. The van der Waals surface area contributed by atoms with Gasteiger partial charge >= 0.3 is 0 Å². The van der Waals surface area contributed by atoms with Crippen LogP contribution in [0.1, 0.15) is 46.8 Å². The summed E-state index contributed by atoms with van der Waals surface area (Å²) >= 11 is 0. The SMILES string of the molecule is C[C@H]1CN(Cc2cccc(-c3cc(CNC(=O)c4cccc(CC5CCN(C)CC5)c4)ccc3F)c2)CCN1C. The fourth-order valence-electron chi connectivity index (χ4n) is 5.99. The maximum absolute atomic E-state index is 15.0. The second kappa shape index (κ2) is 13.1. The number of carbonyl (C=O) groups is 1.